The van der Waals surface area contributed by atoms with Crippen LogP contribution in [0, 0.1) is 11.8 Å². The Hall–Kier alpha value is -0.860. The van der Waals surface area contributed by atoms with Crippen LogP contribution in [0.3, 0.4) is 0 Å². The third-order valence-electron chi connectivity index (χ3n) is 4.74. The average molecular weight is 420 g/mol. The van der Waals surface area contributed by atoms with Crippen LogP contribution in [0.5, 0.6) is 0 Å². The number of nitrogens with one attached hydrogen (secondary N) is 1. The molecule has 1 aliphatic rings. The molecule has 0 bridgehead atoms. The van der Waals surface area contributed by atoms with Crippen LogP contribution < -0.4 is 5.32 Å². The van der Waals surface area contributed by atoms with E-state index in [1.165, 1.54) is 0 Å². The van der Waals surface area contributed by atoms with Crippen molar-refractivity contribution in [2.45, 2.75) is 85.8 Å². The van der Waals surface area contributed by atoms with E-state index in [4.69, 9.17) is 4.74 Å². The van der Waals surface area contributed by atoms with E-state index in [1.54, 1.807) is 8.61 Å². The van der Waals surface area contributed by atoms with Gasteiger partial charge in [-0.25, -0.2) is 4.79 Å². The smallest absolute Gasteiger partial charge is 0.407 e. The number of ether oxygens (including phenoxy) is 1. The van der Waals surface area contributed by atoms with E-state index >= 15 is 0 Å². The zero-order valence-electron chi connectivity index (χ0n) is 18.8. The first-order valence-electron chi connectivity index (χ1n) is 10.6. The van der Waals surface area contributed by atoms with Crippen molar-refractivity contribution in [1.29, 1.82) is 0 Å². The predicted molar refractivity (Wildman–Crippen MR) is 113 cm³/mol. The highest BCUT2D eigenvalue weighted by Gasteiger charge is 2.33. The molecule has 0 unspecified atom stereocenters. The van der Waals surface area contributed by atoms with Gasteiger partial charge in [-0.15, -0.1) is 0 Å². The standard InChI is InChI=1S/C20H41N3O4S/c1-16(2)8-12-22(13-9-17(3)4)28(25,26)23-14-10-18(11-15-23)21-19(24)27-20(5,6)7/h16-18H,8-15H2,1-7H3,(H,21,24). The maximum absolute atomic E-state index is 13.2. The fraction of sp³-hybridized carbons (Fsp3) is 0.950. The second-order valence-corrected chi connectivity index (χ2v) is 11.5. The minimum atomic E-state index is -3.47. The number of rotatable bonds is 9. The van der Waals surface area contributed by atoms with Gasteiger partial charge in [-0.3, -0.25) is 0 Å². The quantitative estimate of drug-likeness (QED) is 0.619. The van der Waals surface area contributed by atoms with Gasteiger partial charge in [-0.2, -0.15) is 17.0 Å². The molecule has 1 aliphatic heterocycles. The molecular formula is C20H41N3O4S. The molecule has 1 amide bonds. The molecule has 166 valence electrons. The van der Waals surface area contributed by atoms with Crippen LogP contribution in [0.15, 0.2) is 0 Å². The third kappa shape index (κ3) is 9.09. The van der Waals surface area contributed by atoms with Crippen molar-refractivity contribution >= 4 is 16.3 Å². The zero-order chi connectivity index (χ0) is 21.5. The van der Waals surface area contributed by atoms with Gasteiger partial charge in [0.1, 0.15) is 5.60 Å². The maximum atomic E-state index is 13.2. The summed E-state index contributed by atoms with van der Waals surface area (Å²) in [5, 5.41) is 2.86. The topological polar surface area (TPSA) is 79.0 Å². The summed E-state index contributed by atoms with van der Waals surface area (Å²) >= 11 is 0. The summed E-state index contributed by atoms with van der Waals surface area (Å²) in [5.41, 5.74) is -0.540. The van der Waals surface area contributed by atoms with Gasteiger partial charge in [0.25, 0.3) is 10.2 Å². The molecule has 1 rings (SSSR count). The first-order valence-corrected chi connectivity index (χ1v) is 12.0. The third-order valence-corrected chi connectivity index (χ3v) is 6.77. The Kier molecular flexibility index (Phi) is 9.70. The number of carbonyl (C=O) groups excluding carboxylic acids is 1. The van der Waals surface area contributed by atoms with Crippen LogP contribution >= 0.6 is 0 Å². The van der Waals surface area contributed by atoms with E-state index in [1.807, 2.05) is 20.8 Å². The number of hydrogen-bond donors (Lipinski definition) is 1. The molecule has 0 aromatic carbocycles. The number of amides is 1. The lowest BCUT2D eigenvalue weighted by Gasteiger charge is -2.35. The molecule has 1 fully saturated rings. The van der Waals surface area contributed by atoms with E-state index in [9.17, 15) is 13.2 Å². The Morgan fingerprint density at radius 3 is 1.93 bits per heavy atom. The largest absolute Gasteiger partial charge is 0.444 e. The lowest BCUT2D eigenvalue weighted by atomic mass is 10.1. The Morgan fingerprint density at radius 1 is 1.07 bits per heavy atom. The normalized spacial score (nSPS) is 17.5. The van der Waals surface area contributed by atoms with Crippen LogP contribution in [-0.2, 0) is 14.9 Å². The van der Waals surface area contributed by atoms with E-state index in [2.05, 4.69) is 33.0 Å². The lowest BCUT2D eigenvalue weighted by molar-refractivity contribution is 0.0489. The van der Waals surface area contributed by atoms with Gasteiger partial charge >= 0.3 is 6.09 Å². The molecule has 1 N–H and O–H groups in total. The number of alkyl carbamates (subject to hydrolysis) is 1. The van der Waals surface area contributed by atoms with Crippen molar-refractivity contribution in [3.63, 3.8) is 0 Å². The van der Waals surface area contributed by atoms with Gasteiger partial charge in [-0.05, 0) is 58.3 Å². The Balaban J connectivity index is 2.65. The highest BCUT2D eigenvalue weighted by Crippen LogP contribution is 2.20. The van der Waals surface area contributed by atoms with Crippen molar-refractivity contribution in [2.24, 2.45) is 11.8 Å². The molecule has 0 aliphatic carbocycles. The van der Waals surface area contributed by atoms with Gasteiger partial charge in [0.2, 0.25) is 0 Å². The Morgan fingerprint density at radius 2 is 1.54 bits per heavy atom. The van der Waals surface area contributed by atoms with Crippen molar-refractivity contribution < 1.29 is 17.9 Å². The number of hydrogen-bond acceptors (Lipinski definition) is 4. The number of piperidine rings is 1. The molecule has 28 heavy (non-hydrogen) atoms. The van der Waals surface area contributed by atoms with Gasteiger partial charge < -0.3 is 10.1 Å². The molecule has 1 heterocycles. The van der Waals surface area contributed by atoms with E-state index in [0.29, 0.717) is 50.9 Å². The Bertz CT molecular complexity index is 565. The molecule has 1 saturated heterocycles. The highest BCUT2D eigenvalue weighted by atomic mass is 32.2. The second kappa shape index (κ2) is 10.8. The molecule has 0 aromatic heterocycles. The zero-order valence-corrected chi connectivity index (χ0v) is 19.6. The fourth-order valence-corrected chi connectivity index (χ4v) is 4.69. The van der Waals surface area contributed by atoms with Crippen molar-refractivity contribution in [2.75, 3.05) is 26.2 Å². The van der Waals surface area contributed by atoms with Crippen LogP contribution in [-0.4, -0.2) is 60.9 Å². The van der Waals surface area contributed by atoms with Crippen LogP contribution in [0.25, 0.3) is 0 Å². The lowest BCUT2D eigenvalue weighted by Crippen LogP contribution is -2.51. The van der Waals surface area contributed by atoms with Gasteiger partial charge in [-0.1, -0.05) is 27.7 Å². The molecule has 0 saturated carbocycles. The molecule has 8 heteroatoms. The summed E-state index contributed by atoms with van der Waals surface area (Å²) in [6, 6.07) is -0.0546. The van der Waals surface area contributed by atoms with Crippen LogP contribution in [0.4, 0.5) is 4.79 Å². The summed E-state index contributed by atoms with van der Waals surface area (Å²) < 4.78 is 34.8. The van der Waals surface area contributed by atoms with Crippen molar-refractivity contribution in [3.8, 4) is 0 Å². The summed E-state index contributed by atoms with van der Waals surface area (Å²) in [6.07, 6.45) is 2.47. The van der Waals surface area contributed by atoms with E-state index in [-0.39, 0.29) is 6.04 Å². The minimum Gasteiger partial charge on any atom is -0.444 e. The van der Waals surface area contributed by atoms with Gasteiger partial charge in [0, 0.05) is 32.2 Å². The first-order chi connectivity index (χ1) is 12.8. The van der Waals surface area contributed by atoms with Crippen LogP contribution in [0.1, 0.15) is 74.1 Å². The summed E-state index contributed by atoms with van der Waals surface area (Å²) in [4.78, 5) is 11.9. The Labute approximate surface area is 172 Å². The van der Waals surface area contributed by atoms with Gasteiger partial charge in [0.15, 0.2) is 0 Å². The molecule has 7 nitrogen and oxygen atoms in total. The minimum absolute atomic E-state index is 0.0546. The second-order valence-electron chi connectivity index (χ2n) is 9.59. The fourth-order valence-electron chi connectivity index (χ4n) is 3.02. The first kappa shape index (κ1) is 25.2. The number of nitrogens with zero attached hydrogens (tertiary/aromatic N) is 2. The summed E-state index contributed by atoms with van der Waals surface area (Å²) in [6.45, 7) is 15.9. The van der Waals surface area contributed by atoms with Crippen molar-refractivity contribution in [1.82, 2.24) is 13.9 Å². The monoisotopic (exact) mass is 419 g/mol. The maximum Gasteiger partial charge on any atom is 0.407 e. The molecule has 0 spiro atoms. The highest BCUT2D eigenvalue weighted by molar-refractivity contribution is 7.86. The van der Waals surface area contributed by atoms with Gasteiger partial charge in [0.05, 0.1) is 0 Å². The molecule has 0 atom stereocenters. The summed E-state index contributed by atoms with van der Waals surface area (Å²) in [7, 11) is -3.47. The molecule has 0 aromatic rings. The number of carbonyl (C=O) groups is 1. The van der Waals surface area contributed by atoms with Crippen molar-refractivity contribution in [3.05, 3.63) is 0 Å². The van der Waals surface area contributed by atoms with Crippen LogP contribution in [0.2, 0.25) is 0 Å². The SMILES string of the molecule is CC(C)CCN(CCC(C)C)S(=O)(=O)N1CCC(NC(=O)OC(C)(C)C)CC1. The summed E-state index contributed by atoms with van der Waals surface area (Å²) in [5.74, 6) is 0.918. The predicted octanol–water partition coefficient (Wildman–Crippen LogP) is 3.61. The van der Waals surface area contributed by atoms with E-state index < -0.39 is 21.9 Å². The molecule has 0 radical (unpaired) electrons. The molecular weight excluding hydrogens is 378 g/mol. The van der Waals surface area contributed by atoms with E-state index in [0.717, 1.165) is 12.8 Å². The average Bonchev–Trinajstić information content (AvgIpc) is 2.52.